The Morgan fingerprint density at radius 1 is 1.24 bits per heavy atom. The van der Waals surface area contributed by atoms with E-state index >= 15 is 0 Å². The van der Waals surface area contributed by atoms with Crippen LogP contribution in [0.5, 0.6) is 0 Å². The highest BCUT2D eigenvalue weighted by Crippen LogP contribution is 2.28. The summed E-state index contributed by atoms with van der Waals surface area (Å²) in [5, 5.41) is 7.60. The van der Waals surface area contributed by atoms with E-state index in [0.29, 0.717) is 18.7 Å². The van der Waals surface area contributed by atoms with Gasteiger partial charge in [0.2, 0.25) is 16.3 Å². The quantitative estimate of drug-likeness (QED) is 0.801. The maximum absolute atomic E-state index is 12.6. The van der Waals surface area contributed by atoms with Crippen molar-refractivity contribution in [3.63, 3.8) is 0 Å². The lowest BCUT2D eigenvalue weighted by molar-refractivity contribution is 0.227. The lowest BCUT2D eigenvalue weighted by Gasteiger charge is -2.26. The molecule has 1 aromatic carbocycles. The maximum atomic E-state index is 12.6. The zero-order chi connectivity index (χ0) is 14.9. The molecule has 2 heterocycles. The first kappa shape index (κ1) is 14.6. The van der Waals surface area contributed by atoms with E-state index in [9.17, 15) is 8.42 Å². The molecule has 21 heavy (non-hydrogen) atoms. The number of piperidine rings is 1. The molecule has 112 valence electrons. The van der Waals surface area contributed by atoms with E-state index < -0.39 is 16.3 Å². The van der Waals surface area contributed by atoms with Gasteiger partial charge in [-0.2, -0.15) is 4.31 Å². The van der Waals surface area contributed by atoms with Crippen LogP contribution in [0.2, 0.25) is 0 Å². The smallest absolute Gasteiger partial charge is 0.304 e. The Balaban J connectivity index is 1.88. The molecule has 1 unspecified atom stereocenters. The third-order valence-corrected chi connectivity index (χ3v) is 5.63. The van der Waals surface area contributed by atoms with Crippen LogP contribution in [0.25, 0.3) is 0 Å². The Bertz CT molecular complexity index is 682. The van der Waals surface area contributed by atoms with Crippen LogP contribution < -0.4 is 0 Å². The molecule has 0 aromatic heterocycles. The third-order valence-electron chi connectivity index (χ3n) is 3.55. The number of hydrogen-bond donors (Lipinski definition) is 0. The van der Waals surface area contributed by atoms with Gasteiger partial charge in [-0.3, -0.25) is 0 Å². The van der Waals surface area contributed by atoms with Crippen LogP contribution in [0.1, 0.15) is 31.1 Å². The Morgan fingerprint density at radius 2 is 2.00 bits per heavy atom. The average Bonchev–Trinajstić information content (AvgIpc) is 2.95. The molecule has 0 saturated carbocycles. The Morgan fingerprint density at radius 3 is 2.67 bits per heavy atom. The fourth-order valence-corrected chi connectivity index (χ4v) is 4.17. The Labute approximate surface area is 128 Å². The van der Waals surface area contributed by atoms with E-state index in [1.54, 1.807) is 24.3 Å². The molecule has 0 bridgehead atoms. The highest BCUT2D eigenvalue weighted by molar-refractivity contribution is 7.89. The summed E-state index contributed by atoms with van der Waals surface area (Å²) >= 11 is 4.80. The summed E-state index contributed by atoms with van der Waals surface area (Å²) in [6, 6.07) is 6.62. The summed E-state index contributed by atoms with van der Waals surface area (Å²) in [5.41, 5.74) is 0.636. The number of rotatable bonds is 3. The van der Waals surface area contributed by atoms with Gasteiger partial charge < -0.3 is 4.74 Å². The van der Waals surface area contributed by atoms with Gasteiger partial charge in [0.1, 0.15) is 0 Å². The first-order valence-corrected chi connectivity index (χ1v) is 8.64. The topological polar surface area (TPSA) is 71.3 Å². The third kappa shape index (κ3) is 2.97. The molecule has 0 radical (unpaired) electrons. The van der Waals surface area contributed by atoms with Gasteiger partial charge in [-0.1, -0.05) is 18.6 Å². The number of azo groups is 1. The number of nitrogens with zero attached hydrogens (tertiary/aromatic N) is 3. The monoisotopic (exact) mass is 325 g/mol. The van der Waals surface area contributed by atoms with E-state index in [0.717, 1.165) is 19.3 Å². The molecular weight excluding hydrogens is 310 g/mol. The molecule has 0 aliphatic carbocycles. The normalized spacial score (nSPS) is 23.2. The molecular formula is C13H15N3O3S2. The van der Waals surface area contributed by atoms with Gasteiger partial charge in [0.05, 0.1) is 4.90 Å². The predicted octanol–water partition coefficient (Wildman–Crippen LogP) is 2.63. The summed E-state index contributed by atoms with van der Waals surface area (Å²) in [6.07, 6.45) is 2.26. The van der Waals surface area contributed by atoms with E-state index in [1.165, 1.54) is 4.31 Å². The van der Waals surface area contributed by atoms with Gasteiger partial charge in [-0.05, 0) is 37.2 Å². The van der Waals surface area contributed by atoms with Gasteiger partial charge in [-0.15, -0.1) is 10.2 Å². The maximum Gasteiger partial charge on any atom is 0.304 e. The number of sulfonamides is 1. The molecule has 1 fully saturated rings. The van der Waals surface area contributed by atoms with Crippen LogP contribution >= 0.6 is 12.2 Å². The van der Waals surface area contributed by atoms with Gasteiger partial charge in [-0.25, -0.2) is 8.42 Å². The van der Waals surface area contributed by atoms with Crippen molar-refractivity contribution < 1.29 is 13.2 Å². The molecule has 0 amide bonds. The summed E-state index contributed by atoms with van der Waals surface area (Å²) in [6.45, 7) is 1.16. The van der Waals surface area contributed by atoms with Crippen molar-refractivity contribution in [1.29, 1.82) is 0 Å². The molecule has 1 atom stereocenters. The van der Waals surface area contributed by atoms with Crippen molar-refractivity contribution in [2.24, 2.45) is 10.2 Å². The molecule has 0 spiro atoms. The van der Waals surface area contributed by atoms with E-state index in [1.807, 2.05) is 0 Å². The second-order valence-electron chi connectivity index (χ2n) is 4.99. The van der Waals surface area contributed by atoms with Crippen molar-refractivity contribution in [2.75, 3.05) is 13.1 Å². The minimum atomic E-state index is -3.45. The summed E-state index contributed by atoms with van der Waals surface area (Å²) in [4.78, 5) is 0.263. The van der Waals surface area contributed by atoms with Crippen molar-refractivity contribution in [2.45, 2.75) is 30.4 Å². The van der Waals surface area contributed by atoms with Gasteiger partial charge in [0.15, 0.2) is 0 Å². The predicted molar refractivity (Wildman–Crippen MR) is 80.3 cm³/mol. The zero-order valence-electron chi connectivity index (χ0n) is 11.3. The molecule has 0 N–H and O–H groups in total. The molecule has 1 aromatic rings. The average molecular weight is 325 g/mol. The largest absolute Gasteiger partial charge is 0.436 e. The van der Waals surface area contributed by atoms with Crippen LogP contribution in [0.3, 0.4) is 0 Å². The first-order chi connectivity index (χ1) is 10.1. The standard InChI is InChI=1S/C13H15N3O3S2/c17-21(18,16-7-2-1-3-8-16)11-6-4-5-10(9-11)12-14-15-13(20)19-12/h4-6,9,12H,1-3,7-8H2. The lowest BCUT2D eigenvalue weighted by Crippen LogP contribution is -2.35. The fourth-order valence-electron chi connectivity index (χ4n) is 2.46. The molecule has 3 rings (SSSR count). The first-order valence-electron chi connectivity index (χ1n) is 6.79. The Hall–Kier alpha value is -1.38. The highest BCUT2D eigenvalue weighted by atomic mass is 32.2. The van der Waals surface area contributed by atoms with Crippen molar-refractivity contribution in [3.05, 3.63) is 29.8 Å². The van der Waals surface area contributed by atoms with Crippen LogP contribution in [-0.4, -0.2) is 31.0 Å². The second kappa shape index (κ2) is 5.78. The van der Waals surface area contributed by atoms with Gasteiger partial charge in [0, 0.05) is 18.7 Å². The molecule has 1 saturated heterocycles. The van der Waals surface area contributed by atoms with Crippen LogP contribution in [0.4, 0.5) is 0 Å². The van der Waals surface area contributed by atoms with E-state index in [-0.39, 0.29) is 10.1 Å². The number of hydrogen-bond acceptors (Lipinski definition) is 5. The van der Waals surface area contributed by atoms with Crippen LogP contribution in [-0.2, 0) is 14.8 Å². The van der Waals surface area contributed by atoms with Crippen molar-refractivity contribution in [3.8, 4) is 0 Å². The number of thiocarbonyl (C=S) groups is 1. The van der Waals surface area contributed by atoms with Gasteiger partial charge in [0.25, 0.3) is 0 Å². The summed E-state index contributed by atoms with van der Waals surface area (Å²) < 4.78 is 32.0. The van der Waals surface area contributed by atoms with Crippen molar-refractivity contribution >= 4 is 27.4 Å². The number of ether oxygens (including phenoxy) is 1. The van der Waals surface area contributed by atoms with Crippen molar-refractivity contribution in [1.82, 2.24) is 4.31 Å². The van der Waals surface area contributed by atoms with E-state index in [2.05, 4.69) is 10.2 Å². The Kier molecular flexibility index (Phi) is 4.01. The summed E-state index contributed by atoms with van der Waals surface area (Å²) in [7, 11) is -3.45. The molecule has 6 nitrogen and oxygen atoms in total. The minimum absolute atomic E-state index is 0.0734. The fraction of sp³-hybridized carbons (Fsp3) is 0.462. The van der Waals surface area contributed by atoms with Crippen LogP contribution in [0, 0.1) is 0 Å². The second-order valence-corrected chi connectivity index (χ2v) is 7.28. The highest BCUT2D eigenvalue weighted by Gasteiger charge is 2.27. The molecule has 8 heteroatoms. The molecule has 2 aliphatic rings. The SMILES string of the molecule is O=S(=O)(c1cccc(C2N=NC(=S)O2)c1)N1CCCCC1. The zero-order valence-corrected chi connectivity index (χ0v) is 12.9. The van der Waals surface area contributed by atoms with Crippen LogP contribution in [0.15, 0.2) is 39.4 Å². The lowest BCUT2D eigenvalue weighted by atomic mass is 10.2. The molecule has 2 aliphatic heterocycles. The number of benzene rings is 1. The van der Waals surface area contributed by atoms with E-state index in [4.69, 9.17) is 17.0 Å². The summed E-state index contributed by atoms with van der Waals surface area (Å²) in [5.74, 6) is 0. The van der Waals surface area contributed by atoms with Gasteiger partial charge >= 0.3 is 5.17 Å². The minimum Gasteiger partial charge on any atom is -0.436 e.